The normalized spacial score (nSPS) is 14.1. The van der Waals surface area contributed by atoms with Crippen LogP contribution in [0.4, 0.5) is 0 Å². The lowest BCUT2D eigenvalue weighted by Crippen LogP contribution is -1.99. The highest BCUT2D eigenvalue weighted by Gasteiger charge is 2.32. The summed E-state index contributed by atoms with van der Waals surface area (Å²) >= 11 is 0. The number of hydrogen-bond acceptors (Lipinski definition) is 0. The van der Waals surface area contributed by atoms with E-state index in [1.807, 2.05) is 0 Å². The second-order valence-corrected chi connectivity index (χ2v) is 8.15. The van der Waals surface area contributed by atoms with Crippen molar-refractivity contribution in [2.45, 2.75) is 5.92 Å². The molecule has 0 amide bonds. The van der Waals surface area contributed by atoms with Gasteiger partial charge in [-0.1, -0.05) is 121 Å². The van der Waals surface area contributed by atoms with Gasteiger partial charge >= 0.3 is 0 Å². The minimum Gasteiger partial charge on any atom is -0.0622 e. The molecule has 5 aromatic carbocycles. The van der Waals surface area contributed by atoms with Crippen molar-refractivity contribution in [3.8, 4) is 33.4 Å². The van der Waals surface area contributed by atoms with E-state index in [0.29, 0.717) is 0 Å². The quantitative estimate of drug-likeness (QED) is 0.284. The summed E-state index contributed by atoms with van der Waals surface area (Å²) in [6.07, 6.45) is 0. The summed E-state index contributed by atoms with van der Waals surface area (Å²) in [7, 11) is 0. The molecule has 5 aromatic rings. The van der Waals surface area contributed by atoms with Crippen molar-refractivity contribution in [3.05, 3.63) is 144 Å². The lowest BCUT2D eigenvalue weighted by molar-refractivity contribution is 1.02. The molecule has 1 aliphatic rings. The Labute approximate surface area is 183 Å². The van der Waals surface area contributed by atoms with E-state index >= 15 is 0 Å². The van der Waals surface area contributed by atoms with Crippen molar-refractivity contribution in [2.75, 3.05) is 0 Å². The fourth-order valence-corrected chi connectivity index (χ4v) is 4.98. The number of hydrogen-bond donors (Lipinski definition) is 0. The van der Waals surface area contributed by atoms with Crippen molar-refractivity contribution in [1.82, 2.24) is 0 Å². The van der Waals surface area contributed by atoms with Crippen LogP contribution in [0.25, 0.3) is 33.4 Å². The molecule has 0 aromatic heterocycles. The average Bonchev–Trinajstić information content (AvgIpc) is 3.19. The van der Waals surface area contributed by atoms with E-state index < -0.39 is 0 Å². The number of fused-ring (bicyclic) bond motifs is 3. The second kappa shape index (κ2) is 7.41. The summed E-state index contributed by atoms with van der Waals surface area (Å²) in [6, 6.07) is 46.1. The van der Waals surface area contributed by atoms with Gasteiger partial charge in [-0.05, 0) is 56.1 Å². The summed E-state index contributed by atoms with van der Waals surface area (Å²) in [6.45, 7) is 0. The smallest absolute Gasteiger partial charge is 0.0352 e. The standard InChI is InChI=1S/C31H22/c1-4-11-22(12-5-1)25-19-20-27-29(21-25)30(24-15-8-3-9-16-24)28-18-10-17-26(31(27)28)23-13-6-2-7-14-23/h1-21,30H. The molecule has 0 nitrogen and oxygen atoms in total. The lowest BCUT2D eigenvalue weighted by atomic mass is 9.87. The molecular weight excluding hydrogens is 372 g/mol. The monoisotopic (exact) mass is 394 g/mol. The van der Waals surface area contributed by atoms with E-state index in [1.54, 1.807) is 0 Å². The molecular formula is C31H22. The first kappa shape index (κ1) is 17.9. The van der Waals surface area contributed by atoms with Gasteiger partial charge in [0.2, 0.25) is 0 Å². The van der Waals surface area contributed by atoms with Crippen LogP contribution in [-0.4, -0.2) is 0 Å². The third-order valence-electron chi connectivity index (χ3n) is 6.36. The highest BCUT2D eigenvalue weighted by Crippen LogP contribution is 2.52. The molecule has 0 saturated carbocycles. The zero-order chi connectivity index (χ0) is 20.6. The number of rotatable bonds is 3. The Balaban J connectivity index is 1.62. The fraction of sp³-hybridized carbons (Fsp3) is 0.0323. The topological polar surface area (TPSA) is 0 Å². The Morgan fingerprint density at radius 1 is 0.387 bits per heavy atom. The molecule has 31 heavy (non-hydrogen) atoms. The summed E-state index contributed by atoms with van der Waals surface area (Å²) in [5, 5.41) is 0. The summed E-state index contributed by atoms with van der Waals surface area (Å²) in [5.41, 5.74) is 12.0. The van der Waals surface area contributed by atoms with Crippen LogP contribution in [0.3, 0.4) is 0 Å². The van der Waals surface area contributed by atoms with Crippen LogP contribution in [0.15, 0.2) is 127 Å². The Morgan fingerprint density at radius 2 is 1.03 bits per heavy atom. The summed E-state index contributed by atoms with van der Waals surface area (Å²) in [5.74, 6) is 0.249. The van der Waals surface area contributed by atoms with Crippen LogP contribution in [0, 0.1) is 0 Å². The molecule has 0 N–H and O–H groups in total. The van der Waals surface area contributed by atoms with Gasteiger partial charge in [0.25, 0.3) is 0 Å². The highest BCUT2D eigenvalue weighted by molar-refractivity contribution is 5.93. The van der Waals surface area contributed by atoms with Crippen molar-refractivity contribution >= 4 is 0 Å². The van der Waals surface area contributed by atoms with Gasteiger partial charge in [-0.15, -0.1) is 0 Å². The van der Waals surface area contributed by atoms with Gasteiger partial charge in [0.15, 0.2) is 0 Å². The molecule has 0 aliphatic heterocycles. The molecule has 0 saturated heterocycles. The van der Waals surface area contributed by atoms with Gasteiger partial charge in [-0.25, -0.2) is 0 Å². The van der Waals surface area contributed by atoms with Gasteiger partial charge in [-0.2, -0.15) is 0 Å². The Hall–Kier alpha value is -3.90. The fourth-order valence-electron chi connectivity index (χ4n) is 4.98. The van der Waals surface area contributed by atoms with E-state index in [4.69, 9.17) is 0 Å². The van der Waals surface area contributed by atoms with E-state index in [0.717, 1.165) is 0 Å². The molecule has 1 atom stereocenters. The van der Waals surface area contributed by atoms with Crippen LogP contribution in [0.5, 0.6) is 0 Å². The molecule has 1 aliphatic carbocycles. The van der Waals surface area contributed by atoms with Gasteiger partial charge in [0, 0.05) is 5.92 Å². The van der Waals surface area contributed by atoms with Gasteiger partial charge < -0.3 is 0 Å². The maximum Gasteiger partial charge on any atom is 0.0352 e. The number of benzene rings is 5. The minimum absolute atomic E-state index is 0.249. The molecule has 0 heterocycles. The van der Waals surface area contributed by atoms with E-state index in [9.17, 15) is 0 Å². The van der Waals surface area contributed by atoms with Crippen molar-refractivity contribution in [1.29, 1.82) is 0 Å². The van der Waals surface area contributed by atoms with E-state index in [-0.39, 0.29) is 5.92 Å². The van der Waals surface area contributed by atoms with E-state index in [1.165, 1.54) is 50.1 Å². The van der Waals surface area contributed by atoms with Gasteiger partial charge in [0.05, 0.1) is 0 Å². The summed E-state index contributed by atoms with van der Waals surface area (Å²) in [4.78, 5) is 0. The van der Waals surface area contributed by atoms with Crippen molar-refractivity contribution in [3.63, 3.8) is 0 Å². The largest absolute Gasteiger partial charge is 0.0622 e. The molecule has 0 bridgehead atoms. The van der Waals surface area contributed by atoms with Gasteiger partial charge in [0.1, 0.15) is 0 Å². The lowest BCUT2D eigenvalue weighted by Gasteiger charge is -2.15. The van der Waals surface area contributed by atoms with E-state index in [2.05, 4.69) is 127 Å². The van der Waals surface area contributed by atoms with Crippen LogP contribution in [0.1, 0.15) is 22.6 Å². The maximum absolute atomic E-state index is 2.40. The Bertz CT molecular complexity index is 1350. The van der Waals surface area contributed by atoms with Crippen molar-refractivity contribution < 1.29 is 0 Å². The minimum atomic E-state index is 0.249. The van der Waals surface area contributed by atoms with Crippen LogP contribution in [0.2, 0.25) is 0 Å². The third kappa shape index (κ3) is 3.00. The molecule has 0 heteroatoms. The first-order valence-electron chi connectivity index (χ1n) is 10.8. The summed E-state index contributed by atoms with van der Waals surface area (Å²) < 4.78 is 0. The molecule has 1 unspecified atom stereocenters. The third-order valence-corrected chi connectivity index (χ3v) is 6.36. The first-order chi connectivity index (χ1) is 15.4. The van der Waals surface area contributed by atoms with Crippen LogP contribution >= 0.6 is 0 Å². The molecule has 0 radical (unpaired) electrons. The maximum atomic E-state index is 2.40. The molecule has 146 valence electrons. The van der Waals surface area contributed by atoms with Crippen LogP contribution in [-0.2, 0) is 0 Å². The molecule has 0 spiro atoms. The highest BCUT2D eigenvalue weighted by atomic mass is 14.3. The van der Waals surface area contributed by atoms with Crippen molar-refractivity contribution in [2.24, 2.45) is 0 Å². The first-order valence-corrected chi connectivity index (χ1v) is 10.8. The Kier molecular flexibility index (Phi) is 4.28. The molecule has 0 fully saturated rings. The zero-order valence-electron chi connectivity index (χ0n) is 17.2. The average molecular weight is 395 g/mol. The Morgan fingerprint density at radius 3 is 1.74 bits per heavy atom. The predicted octanol–water partition coefficient (Wildman–Crippen LogP) is 8.18. The van der Waals surface area contributed by atoms with Crippen LogP contribution < -0.4 is 0 Å². The van der Waals surface area contributed by atoms with Gasteiger partial charge in [-0.3, -0.25) is 0 Å². The second-order valence-electron chi connectivity index (χ2n) is 8.15. The SMILES string of the molecule is c1ccc(-c2ccc3c(c2)C(c2ccccc2)c2cccc(-c4ccccc4)c2-3)cc1. The predicted molar refractivity (Wildman–Crippen MR) is 130 cm³/mol. The zero-order valence-corrected chi connectivity index (χ0v) is 17.2. The molecule has 6 rings (SSSR count).